The van der Waals surface area contributed by atoms with E-state index >= 15 is 0 Å². The fraction of sp³-hybridized carbons (Fsp3) is 0. The molecule has 0 N–H and O–H groups in total. The molecule has 2 nitrogen and oxygen atoms in total. The van der Waals surface area contributed by atoms with Gasteiger partial charge in [0.1, 0.15) is 5.58 Å². The summed E-state index contributed by atoms with van der Waals surface area (Å²) >= 11 is 1.62. The fourth-order valence-corrected chi connectivity index (χ4v) is 2.36. The maximum absolute atomic E-state index is 5.69. The van der Waals surface area contributed by atoms with Gasteiger partial charge in [-0.15, -0.1) is 0 Å². The first kappa shape index (κ1) is 9.48. The van der Waals surface area contributed by atoms with Crippen LogP contribution in [0.25, 0.3) is 11.0 Å². The molecule has 0 unspecified atom stereocenters. The van der Waals surface area contributed by atoms with Crippen LogP contribution >= 0.6 is 11.8 Å². The van der Waals surface area contributed by atoms with E-state index in [9.17, 15) is 0 Å². The molecular formula is C13H9NOS. The van der Waals surface area contributed by atoms with Gasteiger partial charge in [0, 0.05) is 28.7 Å². The Balaban J connectivity index is 1.95. The number of benzene rings is 1. The molecule has 0 amide bonds. The second-order valence-corrected chi connectivity index (χ2v) is 4.47. The highest BCUT2D eigenvalue weighted by molar-refractivity contribution is 7.99. The molecule has 78 valence electrons. The summed E-state index contributed by atoms with van der Waals surface area (Å²) < 4.78 is 5.69. The highest BCUT2D eigenvalue weighted by Gasteiger charge is 2.04. The summed E-state index contributed by atoms with van der Waals surface area (Å²) in [7, 11) is 0. The molecular weight excluding hydrogens is 218 g/mol. The molecule has 3 aromatic rings. The molecule has 0 saturated heterocycles. The predicted molar refractivity (Wildman–Crippen MR) is 64.6 cm³/mol. The SMILES string of the molecule is c1ccc(Sc2cc3cnccc3o2)cc1. The molecule has 0 bridgehead atoms. The highest BCUT2D eigenvalue weighted by Crippen LogP contribution is 2.31. The second-order valence-electron chi connectivity index (χ2n) is 3.39. The lowest BCUT2D eigenvalue weighted by molar-refractivity contribution is 0.515. The lowest BCUT2D eigenvalue weighted by atomic mass is 10.3. The number of aromatic nitrogens is 1. The predicted octanol–water partition coefficient (Wildman–Crippen LogP) is 3.98. The summed E-state index contributed by atoms with van der Waals surface area (Å²) in [6.45, 7) is 0. The summed E-state index contributed by atoms with van der Waals surface area (Å²) in [6.07, 6.45) is 3.55. The number of rotatable bonds is 2. The first-order valence-corrected chi connectivity index (χ1v) is 5.80. The normalized spacial score (nSPS) is 10.8. The molecule has 0 radical (unpaired) electrons. The van der Waals surface area contributed by atoms with Gasteiger partial charge >= 0.3 is 0 Å². The topological polar surface area (TPSA) is 26.0 Å². The van der Waals surface area contributed by atoms with Crippen molar-refractivity contribution in [3.05, 3.63) is 54.9 Å². The third kappa shape index (κ3) is 1.82. The van der Waals surface area contributed by atoms with Crippen LogP contribution in [0.3, 0.4) is 0 Å². The molecule has 0 spiro atoms. The van der Waals surface area contributed by atoms with E-state index in [1.165, 1.54) is 4.90 Å². The van der Waals surface area contributed by atoms with E-state index in [0.29, 0.717) is 0 Å². The summed E-state index contributed by atoms with van der Waals surface area (Å²) in [6, 6.07) is 14.1. The third-order valence-electron chi connectivity index (χ3n) is 2.26. The molecule has 0 fully saturated rings. The van der Waals surface area contributed by atoms with Gasteiger partial charge in [0.15, 0.2) is 5.09 Å². The van der Waals surface area contributed by atoms with Crippen molar-refractivity contribution in [2.24, 2.45) is 0 Å². The zero-order valence-electron chi connectivity index (χ0n) is 8.46. The van der Waals surface area contributed by atoms with Crippen molar-refractivity contribution >= 4 is 22.7 Å². The van der Waals surface area contributed by atoms with Crippen molar-refractivity contribution in [2.75, 3.05) is 0 Å². The minimum Gasteiger partial charge on any atom is -0.449 e. The number of pyridine rings is 1. The van der Waals surface area contributed by atoms with Crippen molar-refractivity contribution in [1.82, 2.24) is 4.98 Å². The van der Waals surface area contributed by atoms with Crippen LogP contribution in [-0.4, -0.2) is 4.98 Å². The van der Waals surface area contributed by atoms with Gasteiger partial charge in [-0.05, 0) is 18.2 Å². The summed E-state index contributed by atoms with van der Waals surface area (Å²) in [5, 5.41) is 1.94. The van der Waals surface area contributed by atoms with Gasteiger partial charge < -0.3 is 4.42 Å². The molecule has 3 heteroatoms. The monoisotopic (exact) mass is 227 g/mol. The van der Waals surface area contributed by atoms with Crippen molar-refractivity contribution in [2.45, 2.75) is 9.99 Å². The van der Waals surface area contributed by atoms with E-state index in [1.807, 2.05) is 36.5 Å². The van der Waals surface area contributed by atoms with E-state index in [2.05, 4.69) is 17.1 Å². The lowest BCUT2D eigenvalue weighted by Gasteiger charge is -1.95. The number of furan rings is 1. The maximum Gasteiger partial charge on any atom is 0.166 e. The molecule has 3 rings (SSSR count). The number of nitrogens with zero attached hydrogens (tertiary/aromatic N) is 1. The maximum atomic E-state index is 5.69. The van der Waals surface area contributed by atoms with Gasteiger partial charge in [0.25, 0.3) is 0 Å². The van der Waals surface area contributed by atoms with Crippen molar-refractivity contribution in [3.63, 3.8) is 0 Å². The molecule has 2 heterocycles. The van der Waals surface area contributed by atoms with E-state index in [1.54, 1.807) is 18.0 Å². The van der Waals surface area contributed by atoms with Crippen LogP contribution in [0.1, 0.15) is 0 Å². The van der Waals surface area contributed by atoms with E-state index < -0.39 is 0 Å². The molecule has 1 aromatic carbocycles. The van der Waals surface area contributed by atoms with Gasteiger partial charge in [0.2, 0.25) is 0 Å². The van der Waals surface area contributed by atoms with Crippen LogP contribution in [-0.2, 0) is 0 Å². The smallest absolute Gasteiger partial charge is 0.166 e. The minimum atomic E-state index is 0.883. The standard InChI is InChI=1S/C13H9NOS/c1-2-4-11(5-3-1)16-13-8-10-9-14-7-6-12(10)15-13/h1-9H. The Bertz CT molecular complexity index is 570. The Morgan fingerprint density at radius 3 is 2.75 bits per heavy atom. The van der Waals surface area contributed by atoms with Crippen molar-refractivity contribution in [3.8, 4) is 0 Å². The Hall–Kier alpha value is -1.74. The molecule has 0 saturated carbocycles. The zero-order chi connectivity index (χ0) is 10.8. The van der Waals surface area contributed by atoms with Crippen LogP contribution in [0.4, 0.5) is 0 Å². The van der Waals surface area contributed by atoms with Crippen molar-refractivity contribution in [1.29, 1.82) is 0 Å². The Morgan fingerprint density at radius 2 is 1.94 bits per heavy atom. The lowest BCUT2D eigenvalue weighted by Crippen LogP contribution is -1.67. The molecule has 0 aliphatic heterocycles. The first-order valence-electron chi connectivity index (χ1n) is 4.98. The number of hydrogen-bond acceptors (Lipinski definition) is 3. The summed E-state index contributed by atoms with van der Waals surface area (Å²) in [5.41, 5.74) is 0.883. The second kappa shape index (κ2) is 4.02. The minimum absolute atomic E-state index is 0.883. The van der Waals surface area contributed by atoms with Crippen LogP contribution in [0.15, 0.2) is 69.3 Å². The quantitative estimate of drug-likeness (QED) is 0.662. The van der Waals surface area contributed by atoms with Gasteiger partial charge in [-0.1, -0.05) is 30.0 Å². The molecule has 0 aliphatic rings. The first-order chi connectivity index (χ1) is 7.92. The van der Waals surface area contributed by atoms with Gasteiger partial charge in [-0.3, -0.25) is 4.98 Å². The largest absolute Gasteiger partial charge is 0.449 e. The van der Waals surface area contributed by atoms with E-state index in [-0.39, 0.29) is 0 Å². The number of fused-ring (bicyclic) bond motifs is 1. The van der Waals surface area contributed by atoms with Crippen LogP contribution < -0.4 is 0 Å². The zero-order valence-corrected chi connectivity index (χ0v) is 9.28. The van der Waals surface area contributed by atoms with E-state index in [4.69, 9.17) is 4.42 Å². The Labute approximate surface area is 97.3 Å². The average Bonchev–Trinajstić information content (AvgIpc) is 2.72. The summed E-state index contributed by atoms with van der Waals surface area (Å²) in [4.78, 5) is 5.24. The Kier molecular flexibility index (Phi) is 2.38. The van der Waals surface area contributed by atoms with E-state index in [0.717, 1.165) is 16.1 Å². The average molecular weight is 227 g/mol. The third-order valence-corrected chi connectivity index (χ3v) is 3.17. The van der Waals surface area contributed by atoms with Gasteiger partial charge in [0.05, 0.1) is 0 Å². The highest BCUT2D eigenvalue weighted by atomic mass is 32.2. The molecule has 2 aromatic heterocycles. The van der Waals surface area contributed by atoms with Crippen LogP contribution in [0, 0.1) is 0 Å². The fourth-order valence-electron chi connectivity index (χ4n) is 1.52. The van der Waals surface area contributed by atoms with Crippen LogP contribution in [0.5, 0.6) is 0 Å². The number of hydrogen-bond donors (Lipinski definition) is 0. The van der Waals surface area contributed by atoms with Gasteiger partial charge in [-0.25, -0.2) is 0 Å². The van der Waals surface area contributed by atoms with Crippen molar-refractivity contribution < 1.29 is 4.42 Å². The molecule has 0 aliphatic carbocycles. The molecule has 0 atom stereocenters. The summed E-state index contributed by atoms with van der Waals surface area (Å²) in [5.74, 6) is 0. The van der Waals surface area contributed by atoms with Gasteiger partial charge in [-0.2, -0.15) is 0 Å². The Morgan fingerprint density at radius 1 is 1.06 bits per heavy atom. The molecule has 16 heavy (non-hydrogen) atoms. The van der Waals surface area contributed by atoms with Crippen LogP contribution in [0.2, 0.25) is 0 Å².